The third kappa shape index (κ3) is 2.50. The second kappa shape index (κ2) is 5.91. The molecule has 0 spiro atoms. The quantitative estimate of drug-likeness (QED) is 0.590. The molecular formula is C18H20Si. The molecule has 0 radical (unpaired) electrons. The van der Waals surface area contributed by atoms with E-state index in [9.17, 15) is 0 Å². The van der Waals surface area contributed by atoms with Gasteiger partial charge in [0.15, 0.2) is 0 Å². The molecule has 0 aliphatic carbocycles. The Morgan fingerprint density at radius 3 is 1.53 bits per heavy atom. The molecular weight excluding hydrogens is 244 g/mol. The Kier molecular flexibility index (Phi) is 4.24. The normalized spacial score (nSPS) is 10.9. The molecule has 1 heteroatoms. The summed E-state index contributed by atoms with van der Waals surface area (Å²) in [6.45, 7) is 6.56. The summed E-state index contributed by atoms with van der Waals surface area (Å²) in [7, 11) is -1.99. The zero-order valence-corrected chi connectivity index (χ0v) is 12.9. The molecule has 0 fully saturated rings. The van der Waals surface area contributed by atoms with Crippen LogP contribution in [0.2, 0.25) is 5.54 Å². The van der Waals surface area contributed by atoms with Crippen LogP contribution < -0.4 is 10.4 Å². The molecule has 0 aliphatic heterocycles. The van der Waals surface area contributed by atoms with E-state index in [1.165, 1.54) is 10.4 Å². The topological polar surface area (TPSA) is 0 Å². The molecule has 19 heavy (non-hydrogen) atoms. The maximum Gasteiger partial charge on any atom is 0.201 e. The largest absolute Gasteiger partial charge is 0.201 e. The van der Waals surface area contributed by atoms with Gasteiger partial charge in [-0.05, 0) is 22.8 Å². The molecule has 0 heterocycles. The van der Waals surface area contributed by atoms with Crippen LogP contribution in [-0.2, 0) is 0 Å². The predicted molar refractivity (Wildman–Crippen MR) is 86.5 cm³/mol. The maximum atomic E-state index is 3.62. The first-order valence-corrected chi connectivity index (χ1v) is 8.84. The highest BCUT2D eigenvalue weighted by molar-refractivity contribution is 7.09. The average molecular weight is 264 g/mol. The summed E-state index contributed by atoms with van der Waals surface area (Å²) >= 11 is 0. The molecule has 0 aliphatic rings. The van der Waals surface area contributed by atoms with Crippen molar-refractivity contribution in [3.63, 3.8) is 0 Å². The van der Waals surface area contributed by atoms with Crippen LogP contribution in [0.1, 0.15) is 20.8 Å². The molecule has 0 amide bonds. The molecule has 2 aromatic carbocycles. The number of rotatable bonds is 3. The van der Waals surface area contributed by atoms with E-state index in [-0.39, 0.29) is 0 Å². The van der Waals surface area contributed by atoms with Gasteiger partial charge in [0.2, 0.25) is 8.07 Å². The lowest BCUT2D eigenvalue weighted by molar-refractivity contribution is 1.04. The lowest BCUT2D eigenvalue weighted by Gasteiger charge is -2.31. The lowest BCUT2D eigenvalue weighted by atomic mass is 10.4. The van der Waals surface area contributed by atoms with Gasteiger partial charge >= 0.3 is 0 Å². The van der Waals surface area contributed by atoms with Crippen molar-refractivity contribution in [2.24, 2.45) is 0 Å². The predicted octanol–water partition coefficient (Wildman–Crippen LogP) is 3.22. The number of benzene rings is 2. The summed E-state index contributed by atoms with van der Waals surface area (Å²) in [4.78, 5) is 0. The lowest BCUT2D eigenvalue weighted by Crippen LogP contribution is -2.59. The summed E-state index contributed by atoms with van der Waals surface area (Å²) in [6.07, 6.45) is 0. The first-order chi connectivity index (χ1) is 9.21. The highest BCUT2D eigenvalue weighted by atomic mass is 28.3. The van der Waals surface area contributed by atoms with Crippen LogP contribution in [0, 0.1) is 11.5 Å². The molecule has 96 valence electrons. The van der Waals surface area contributed by atoms with Gasteiger partial charge in [-0.15, -0.1) is 11.5 Å². The van der Waals surface area contributed by atoms with Gasteiger partial charge in [0.25, 0.3) is 0 Å². The van der Waals surface area contributed by atoms with E-state index in [0.29, 0.717) is 5.54 Å². The van der Waals surface area contributed by atoms with Crippen molar-refractivity contribution in [3.05, 3.63) is 60.7 Å². The summed E-state index contributed by atoms with van der Waals surface area (Å²) in [5.74, 6) is 3.20. The van der Waals surface area contributed by atoms with Crippen LogP contribution in [0.15, 0.2) is 60.7 Å². The van der Waals surface area contributed by atoms with Crippen LogP contribution in [0.3, 0.4) is 0 Å². The minimum atomic E-state index is -1.99. The number of hydrogen-bond donors (Lipinski definition) is 0. The molecule has 0 N–H and O–H groups in total. The minimum Gasteiger partial charge on any atom is -0.120 e. The van der Waals surface area contributed by atoms with Gasteiger partial charge in [0.1, 0.15) is 0 Å². The third-order valence-electron chi connectivity index (χ3n) is 3.65. The van der Waals surface area contributed by atoms with Crippen molar-refractivity contribution in [2.45, 2.75) is 26.3 Å². The Bertz CT molecular complexity index is 534. The standard InChI is InChI=1S/C18H20Si/c1-4-15-19(16(2)3,17-11-7-5-8-12-17)18-13-9-6-10-14-18/h5-14,16H,1-3H3. The first kappa shape index (κ1) is 13.6. The fourth-order valence-electron chi connectivity index (χ4n) is 2.72. The van der Waals surface area contributed by atoms with Crippen LogP contribution >= 0.6 is 0 Å². The first-order valence-electron chi connectivity index (χ1n) is 6.76. The molecule has 0 bridgehead atoms. The van der Waals surface area contributed by atoms with Crippen molar-refractivity contribution in [2.75, 3.05) is 0 Å². The fraction of sp³-hybridized carbons (Fsp3) is 0.222. The Balaban J connectivity index is 2.71. The Hall–Kier alpha value is -1.78. The smallest absolute Gasteiger partial charge is 0.120 e. The van der Waals surface area contributed by atoms with Gasteiger partial charge in [0, 0.05) is 0 Å². The summed E-state index contributed by atoms with van der Waals surface area (Å²) < 4.78 is 0. The van der Waals surface area contributed by atoms with Crippen molar-refractivity contribution in [3.8, 4) is 11.5 Å². The molecule has 0 saturated carbocycles. The Labute approximate surface area is 117 Å². The highest BCUT2D eigenvalue weighted by Gasteiger charge is 2.39. The second-order valence-electron chi connectivity index (χ2n) is 5.07. The van der Waals surface area contributed by atoms with E-state index >= 15 is 0 Å². The van der Waals surface area contributed by atoms with Crippen LogP contribution in [0.4, 0.5) is 0 Å². The van der Waals surface area contributed by atoms with Crippen LogP contribution in [0.5, 0.6) is 0 Å². The molecule has 0 unspecified atom stereocenters. The van der Waals surface area contributed by atoms with Crippen molar-refractivity contribution >= 4 is 18.4 Å². The summed E-state index contributed by atoms with van der Waals surface area (Å²) in [6, 6.07) is 21.6. The average Bonchev–Trinajstić information content (AvgIpc) is 2.46. The van der Waals surface area contributed by atoms with Gasteiger partial charge in [-0.1, -0.05) is 74.5 Å². The SMILES string of the molecule is CC#C[Si](c1ccccc1)(c1ccccc1)C(C)C. The van der Waals surface area contributed by atoms with Gasteiger partial charge < -0.3 is 0 Å². The minimum absolute atomic E-state index is 0.546. The Morgan fingerprint density at radius 1 is 0.789 bits per heavy atom. The van der Waals surface area contributed by atoms with E-state index in [1.807, 2.05) is 6.92 Å². The van der Waals surface area contributed by atoms with Crippen LogP contribution in [-0.4, -0.2) is 8.07 Å². The van der Waals surface area contributed by atoms with Gasteiger partial charge in [-0.2, -0.15) is 0 Å². The summed E-state index contributed by atoms with van der Waals surface area (Å²) in [5.41, 5.74) is 4.16. The number of hydrogen-bond acceptors (Lipinski definition) is 0. The van der Waals surface area contributed by atoms with Gasteiger partial charge in [0.05, 0.1) is 0 Å². The monoisotopic (exact) mass is 264 g/mol. The maximum absolute atomic E-state index is 3.62. The zero-order chi connectivity index (χ0) is 13.7. The molecule has 2 aromatic rings. The van der Waals surface area contributed by atoms with E-state index in [1.54, 1.807) is 0 Å². The molecule has 0 saturated heterocycles. The van der Waals surface area contributed by atoms with Crippen molar-refractivity contribution < 1.29 is 0 Å². The fourth-order valence-corrected chi connectivity index (χ4v) is 6.80. The van der Waals surface area contributed by atoms with Crippen LogP contribution in [0.25, 0.3) is 0 Å². The van der Waals surface area contributed by atoms with E-state index in [2.05, 4.69) is 86.0 Å². The molecule has 2 rings (SSSR count). The zero-order valence-electron chi connectivity index (χ0n) is 11.9. The molecule has 0 atom stereocenters. The van der Waals surface area contributed by atoms with Crippen molar-refractivity contribution in [1.82, 2.24) is 0 Å². The second-order valence-corrected chi connectivity index (χ2v) is 9.25. The van der Waals surface area contributed by atoms with E-state index < -0.39 is 8.07 Å². The Morgan fingerprint density at radius 2 is 1.21 bits per heavy atom. The van der Waals surface area contributed by atoms with Crippen molar-refractivity contribution in [1.29, 1.82) is 0 Å². The third-order valence-corrected chi connectivity index (χ3v) is 8.51. The van der Waals surface area contributed by atoms with E-state index in [0.717, 1.165) is 0 Å². The van der Waals surface area contributed by atoms with Gasteiger partial charge in [-0.25, -0.2) is 0 Å². The molecule has 0 aromatic heterocycles. The summed E-state index contributed by atoms with van der Waals surface area (Å²) in [5, 5.41) is 2.82. The highest BCUT2D eigenvalue weighted by Crippen LogP contribution is 2.20. The van der Waals surface area contributed by atoms with E-state index in [4.69, 9.17) is 0 Å². The molecule has 0 nitrogen and oxygen atoms in total. The van der Waals surface area contributed by atoms with Gasteiger partial charge in [-0.3, -0.25) is 0 Å².